The van der Waals surface area contributed by atoms with Gasteiger partial charge < -0.3 is 10.1 Å². The number of nitrogens with one attached hydrogen (secondary N) is 1. The van der Waals surface area contributed by atoms with E-state index in [0.29, 0.717) is 10.8 Å². The van der Waals surface area contributed by atoms with Gasteiger partial charge in [-0.2, -0.15) is 0 Å². The van der Waals surface area contributed by atoms with Crippen LogP contribution in [0, 0.1) is 13.8 Å². The molecule has 1 atom stereocenters. The van der Waals surface area contributed by atoms with Crippen LogP contribution < -0.4 is 5.32 Å². The molecule has 0 aliphatic rings. The number of carbonyl (C=O) groups is 2. The van der Waals surface area contributed by atoms with Gasteiger partial charge in [-0.05, 0) is 49.6 Å². The highest BCUT2D eigenvalue weighted by molar-refractivity contribution is 7.99. The van der Waals surface area contributed by atoms with Gasteiger partial charge in [-0.3, -0.25) is 9.59 Å². The van der Waals surface area contributed by atoms with Crippen molar-refractivity contribution in [3.63, 3.8) is 0 Å². The van der Waals surface area contributed by atoms with E-state index in [1.54, 1.807) is 6.92 Å². The number of esters is 1. The van der Waals surface area contributed by atoms with Gasteiger partial charge in [0.1, 0.15) is 0 Å². The van der Waals surface area contributed by atoms with Gasteiger partial charge in [-0.1, -0.05) is 41.9 Å². The highest BCUT2D eigenvalue weighted by Gasteiger charge is 2.18. The predicted molar refractivity (Wildman–Crippen MR) is 108 cm³/mol. The number of hydrogen-bond acceptors (Lipinski definition) is 4. The van der Waals surface area contributed by atoms with E-state index in [4.69, 9.17) is 16.3 Å². The number of amides is 1. The van der Waals surface area contributed by atoms with Crippen molar-refractivity contribution in [2.24, 2.45) is 0 Å². The summed E-state index contributed by atoms with van der Waals surface area (Å²) in [5.41, 5.74) is 3.70. The lowest BCUT2D eigenvalue weighted by molar-refractivity contribution is -0.150. The lowest BCUT2D eigenvalue weighted by Crippen LogP contribution is -2.30. The Hall–Kier alpha value is -1.98. The molecule has 0 heterocycles. The van der Waals surface area contributed by atoms with Gasteiger partial charge >= 0.3 is 5.97 Å². The largest absolute Gasteiger partial charge is 0.452 e. The Bertz CT molecular complexity index is 794. The smallest absolute Gasteiger partial charge is 0.316 e. The molecule has 0 radical (unpaired) electrons. The molecule has 0 aromatic heterocycles. The van der Waals surface area contributed by atoms with Crippen LogP contribution in [0.15, 0.2) is 42.5 Å². The first-order valence-electron chi connectivity index (χ1n) is 8.25. The summed E-state index contributed by atoms with van der Waals surface area (Å²) in [6.45, 7) is 5.43. The topological polar surface area (TPSA) is 55.4 Å². The first-order valence-corrected chi connectivity index (χ1v) is 9.79. The van der Waals surface area contributed by atoms with Crippen LogP contribution >= 0.6 is 23.4 Å². The Labute approximate surface area is 163 Å². The van der Waals surface area contributed by atoms with Gasteiger partial charge in [0, 0.05) is 16.5 Å². The fourth-order valence-electron chi connectivity index (χ4n) is 2.25. The molecule has 138 valence electrons. The van der Waals surface area contributed by atoms with Crippen LogP contribution in [0.1, 0.15) is 23.6 Å². The van der Waals surface area contributed by atoms with E-state index in [9.17, 15) is 9.59 Å². The van der Waals surface area contributed by atoms with Crippen LogP contribution in [0.2, 0.25) is 5.02 Å². The van der Waals surface area contributed by atoms with E-state index < -0.39 is 12.1 Å². The second-order valence-electron chi connectivity index (χ2n) is 6.02. The van der Waals surface area contributed by atoms with Gasteiger partial charge in [0.05, 0.1) is 5.75 Å². The highest BCUT2D eigenvalue weighted by atomic mass is 35.5. The van der Waals surface area contributed by atoms with Crippen LogP contribution in [0.3, 0.4) is 0 Å². The summed E-state index contributed by atoms with van der Waals surface area (Å²) in [4.78, 5) is 24.2. The van der Waals surface area contributed by atoms with E-state index in [1.165, 1.54) is 11.8 Å². The molecule has 2 rings (SSSR count). The molecule has 0 spiro atoms. The number of anilines is 1. The Morgan fingerprint density at radius 1 is 1.19 bits per heavy atom. The van der Waals surface area contributed by atoms with Gasteiger partial charge in [0.25, 0.3) is 5.91 Å². The third kappa shape index (κ3) is 6.07. The summed E-state index contributed by atoms with van der Waals surface area (Å²) in [6, 6.07) is 13.3. The van der Waals surface area contributed by atoms with Crippen molar-refractivity contribution in [3.05, 3.63) is 64.2 Å². The van der Waals surface area contributed by atoms with E-state index in [-0.39, 0.29) is 11.7 Å². The first-order chi connectivity index (χ1) is 12.4. The average molecular weight is 392 g/mol. The van der Waals surface area contributed by atoms with Crippen molar-refractivity contribution in [2.75, 3.05) is 11.1 Å². The van der Waals surface area contributed by atoms with Crippen LogP contribution in [-0.4, -0.2) is 23.7 Å². The maximum absolute atomic E-state index is 12.2. The number of halogens is 1. The molecule has 1 amide bonds. The molecular formula is C20H22ClNO3S. The molecule has 2 aromatic carbocycles. The maximum atomic E-state index is 12.2. The van der Waals surface area contributed by atoms with Crippen molar-refractivity contribution >= 4 is 40.9 Å². The molecule has 0 bridgehead atoms. The minimum absolute atomic E-state index is 0.159. The number of carbonyl (C=O) groups excluding carboxylic acids is 2. The summed E-state index contributed by atoms with van der Waals surface area (Å²) < 4.78 is 5.22. The van der Waals surface area contributed by atoms with Crippen molar-refractivity contribution in [1.29, 1.82) is 0 Å². The minimum Gasteiger partial charge on any atom is -0.452 e. The van der Waals surface area contributed by atoms with Crippen LogP contribution in [0.25, 0.3) is 0 Å². The molecule has 26 heavy (non-hydrogen) atoms. The van der Waals surface area contributed by atoms with Crippen LogP contribution in [0.4, 0.5) is 5.69 Å². The third-order valence-electron chi connectivity index (χ3n) is 3.76. The number of aryl methyl sites for hydroxylation is 2. The zero-order valence-electron chi connectivity index (χ0n) is 15.0. The molecule has 0 saturated carbocycles. The zero-order valence-corrected chi connectivity index (χ0v) is 16.6. The number of thioether (sulfide) groups is 1. The van der Waals surface area contributed by atoms with Crippen LogP contribution in [0.5, 0.6) is 0 Å². The van der Waals surface area contributed by atoms with Crippen LogP contribution in [-0.2, 0) is 20.1 Å². The van der Waals surface area contributed by atoms with Gasteiger partial charge in [-0.15, -0.1) is 11.8 Å². The normalized spacial score (nSPS) is 11.7. The van der Waals surface area contributed by atoms with E-state index >= 15 is 0 Å². The van der Waals surface area contributed by atoms with Crippen molar-refractivity contribution in [2.45, 2.75) is 32.6 Å². The zero-order chi connectivity index (χ0) is 19.1. The maximum Gasteiger partial charge on any atom is 0.316 e. The number of hydrogen-bond donors (Lipinski definition) is 1. The van der Waals surface area contributed by atoms with Gasteiger partial charge in [0.15, 0.2) is 6.10 Å². The van der Waals surface area contributed by atoms with Gasteiger partial charge in [-0.25, -0.2) is 0 Å². The van der Waals surface area contributed by atoms with Crippen molar-refractivity contribution in [1.82, 2.24) is 0 Å². The summed E-state index contributed by atoms with van der Waals surface area (Å²) >= 11 is 7.48. The summed E-state index contributed by atoms with van der Waals surface area (Å²) in [5, 5.41) is 3.48. The minimum atomic E-state index is -0.858. The van der Waals surface area contributed by atoms with Crippen molar-refractivity contribution < 1.29 is 14.3 Å². The van der Waals surface area contributed by atoms with E-state index in [1.807, 2.05) is 56.3 Å². The highest BCUT2D eigenvalue weighted by Crippen LogP contribution is 2.21. The van der Waals surface area contributed by atoms with Gasteiger partial charge in [0.2, 0.25) is 0 Å². The molecular weight excluding hydrogens is 370 g/mol. The Kier molecular flexibility index (Phi) is 7.54. The number of benzene rings is 2. The van der Waals surface area contributed by atoms with Crippen molar-refractivity contribution in [3.8, 4) is 0 Å². The molecule has 0 unspecified atom stereocenters. The van der Waals surface area contributed by atoms with E-state index in [2.05, 4.69) is 5.32 Å². The quantitative estimate of drug-likeness (QED) is 0.691. The van der Waals surface area contributed by atoms with E-state index in [0.717, 1.165) is 22.4 Å². The fraction of sp³-hybridized carbons (Fsp3) is 0.300. The predicted octanol–water partition coefficient (Wildman–Crippen LogP) is 4.76. The molecule has 2 aromatic rings. The number of rotatable bonds is 7. The summed E-state index contributed by atoms with van der Waals surface area (Å²) in [6.07, 6.45) is -0.858. The number of ether oxygens (including phenoxy) is 1. The molecule has 0 fully saturated rings. The molecule has 0 saturated heterocycles. The lowest BCUT2D eigenvalue weighted by atomic mass is 10.1. The second-order valence-corrected chi connectivity index (χ2v) is 7.42. The summed E-state index contributed by atoms with van der Waals surface area (Å²) in [7, 11) is 0. The molecule has 6 heteroatoms. The average Bonchev–Trinajstić information content (AvgIpc) is 2.59. The monoisotopic (exact) mass is 391 g/mol. The first kappa shape index (κ1) is 20.3. The molecule has 0 aliphatic heterocycles. The SMILES string of the molecule is Cc1ccc(C)c(NC(=O)[C@@H](C)OC(=O)CSCc2ccccc2Cl)c1. The third-order valence-corrected chi connectivity index (χ3v) is 5.09. The molecule has 0 aliphatic carbocycles. The molecule has 1 N–H and O–H groups in total. The fourth-order valence-corrected chi connectivity index (χ4v) is 3.34. The standard InChI is InChI=1S/C20H22ClNO3S/c1-13-8-9-14(2)18(10-13)22-20(24)15(3)25-19(23)12-26-11-16-6-4-5-7-17(16)21/h4-10,15H,11-12H2,1-3H3,(H,22,24)/t15-/m1/s1. The Morgan fingerprint density at radius 3 is 2.65 bits per heavy atom. The Balaban J connectivity index is 1.79. The Morgan fingerprint density at radius 2 is 1.92 bits per heavy atom. The second kappa shape index (κ2) is 9.64. The molecule has 4 nitrogen and oxygen atoms in total. The summed E-state index contributed by atoms with van der Waals surface area (Å²) in [5.74, 6) is -0.00160. The lowest BCUT2D eigenvalue weighted by Gasteiger charge is -2.15.